The third-order valence-corrected chi connectivity index (χ3v) is 7.94. The van der Waals surface area contributed by atoms with E-state index < -0.39 is 10.0 Å². The second-order valence-corrected chi connectivity index (χ2v) is 10.7. The number of hydrogen-bond donors (Lipinski definition) is 2. The summed E-state index contributed by atoms with van der Waals surface area (Å²) in [4.78, 5) is 18.1. The lowest BCUT2D eigenvalue weighted by Gasteiger charge is -2.17. The molecule has 0 unspecified atom stereocenters. The molecule has 1 amide bonds. The van der Waals surface area contributed by atoms with Crippen molar-refractivity contribution in [2.24, 2.45) is 0 Å². The summed E-state index contributed by atoms with van der Waals surface area (Å²) in [6.45, 7) is 1.21. The van der Waals surface area contributed by atoms with Gasteiger partial charge in [-0.2, -0.15) is 0 Å². The van der Waals surface area contributed by atoms with E-state index in [0.29, 0.717) is 40.9 Å². The SMILES string of the molecule is O=C(Nc1nc2cc3c(cc2s1)OCCO3)c1ccc(S(=O)(=O)NCc2cccs2)cc1. The van der Waals surface area contributed by atoms with Crippen LogP contribution in [0.15, 0.2) is 58.8 Å². The summed E-state index contributed by atoms with van der Waals surface area (Å²) in [7, 11) is -3.67. The van der Waals surface area contributed by atoms with E-state index in [1.807, 2.05) is 23.6 Å². The van der Waals surface area contributed by atoms with Gasteiger partial charge < -0.3 is 9.47 Å². The molecule has 164 valence electrons. The number of amides is 1. The normalized spacial score (nSPS) is 13.2. The number of anilines is 1. The number of thiophene rings is 1. The van der Waals surface area contributed by atoms with Gasteiger partial charge in [-0.3, -0.25) is 10.1 Å². The van der Waals surface area contributed by atoms with Gasteiger partial charge in [-0.25, -0.2) is 18.1 Å². The van der Waals surface area contributed by atoms with Crippen LogP contribution in [0.5, 0.6) is 11.5 Å². The van der Waals surface area contributed by atoms with Gasteiger partial charge in [0.1, 0.15) is 13.2 Å². The van der Waals surface area contributed by atoms with Crippen LogP contribution in [0.2, 0.25) is 0 Å². The van der Waals surface area contributed by atoms with Crippen molar-refractivity contribution in [3.8, 4) is 11.5 Å². The third kappa shape index (κ3) is 4.32. The predicted octanol–water partition coefficient (Wildman–Crippen LogP) is 3.86. The second kappa shape index (κ2) is 8.51. The second-order valence-electron chi connectivity index (χ2n) is 6.87. The first-order valence-corrected chi connectivity index (χ1v) is 12.8. The molecule has 2 aromatic carbocycles. The molecular weight excluding hydrogens is 470 g/mol. The fraction of sp³-hybridized carbons (Fsp3) is 0.143. The molecule has 8 nitrogen and oxygen atoms in total. The summed E-state index contributed by atoms with van der Waals surface area (Å²) >= 11 is 2.80. The zero-order valence-electron chi connectivity index (χ0n) is 16.5. The molecule has 2 aromatic heterocycles. The Morgan fingerprint density at radius 1 is 1.06 bits per heavy atom. The summed E-state index contributed by atoms with van der Waals surface area (Å²) in [5, 5.41) is 5.08. The molecule has 1 aliphatic rings. The van der Waals surface area contributed by atoms with Crippen LogP contribution >= 0.6 is 22.7 Å². The topological polar surface area (TPSA) is 107 Å². The van der Waals surface area contributed by atoms with Crippen LogP contribution < -0.4 is 19.5 Å². The van der Waals surface area contributed by atoms with Crippen LogP contribution in [0, 0.1) is 0 Å². The zero-order chi connectivity index (χ0) is 22.1. The van der Waals surface area contributed by atoms with Gasteiger partial charge in [0.15, 0.2) is 16.6 Å². The molecule has 0 spiro atoms. The number of sulfonamides is 1. The first-order valence-electron chi connectivity index (χ1n) is 9.62. The van der Waals surface area contributed by atoms with Gasteiger partial charge in [0.05, 0.1) is 15.1 Å². The Hall–Kier alpha value is -2.99. The van der Waals surface area contributed by atoms with Gasteiger partial charge in [-0.05, 0) is 35.7 Å². The molecule has 0 saturated carbocycles. The summed E-state index contributed by atoms with van der Waals surface area (Å²) in [5.41, 5.74) is 1.03. The molecule has 4 aromatic rings. The Kier molecular flexibility index (Phi) is 5.55. The van der Waals surface area contributed by atoms with Gasteiger partial charge >= 0.3 is 0 Å². The molecule has 0 radical (unpaired) electrons. The van der Waals surface area contributed by atoms with Crippen molar-refractivity contribution < 1.29 is 22.7 Å². The Balaban J connectivity index is 1.28. The zero-order valence-corrected chi connectivity index (χ0v) is 19.0. The maximum Gasteiger partial charge on any atom is 0.257 e. The number of benzene rings is 2. The maximum atomic E-state index is 12.6. The van der Waals surface area contributed by atoms with Gasteiger partial charge in [-0.1, -0.05) is 17.4 Å². The van der Waals surface area contributed by atoms with Crippen molar-refractivity contribution in [1.29, 1.82) is 0 Å². The highest BCUT2D eigenvalue weighted by Crippen LogP contribution is 2.37. The van der Waals surface area contributed by atoms with E-state index in [4.69, 9.17) is 9.47 Å². The number of thiazole rings is 1. The fourth-order valence-electron chi connectivity index (χ4n) is 3.14. The standard InChI is InChI=1S/C21H17N3O5S3/c25-20(24-21-23-16-10-17-18(11-19(16)31-21)29-8-7-28-17)13-3-5-15(6-4-13)32(26,27)22-12-14-2-1-9-30-14/h1-6,9-11,22H,7-8,12H2,(H,23,24,25). The van der Waals surface area contributed by atoms with E-state index in [9.17, 15) is 13.2 Å². The average Bonchev–Trinajstić information content (AvgIpc) is 3.45. The first kappa shape index (κ1) is 20.9. The lowest BCUT2D eigenvalue weighted by molar-refractivity contribution is 0.102. The number of hydrogen-bond acceptors (Lipinski definition) is 8. The average molecular weight is 488 g/mol. The van der Waals surface area contributed by atoms with Crippen molar-refractivity contribution in [2.45, 2.75) is 11.4 Å². The third-order valence-electron chi connectivity index (χ3n) is 4.72. The summed E-state index contributed by atoms with van der Waals surface area (Å²) < 4.78 is 39.5. The molecule has 0 saturated heterocycles. The summed E-state index contributed by atoms with van der Waals surface area (Å²) in [6, 6.07) is 13.1. The van der Waals surface area contributed by atoms with E-state index in [-0.39, 0.29) is 17.3 Å². The number of carbonyl (C=O) groups is 1. The van der Waals surface area contributed by atoms with Crippen LogP contribution in [0.4, 0.5) is 5.13 Å². The number of ether oxygens (including phenoxy) is 2. The van der Waals surface area contributed by atoms with E-state index in [1.165, 1.54) is 46.9 Å². The molecule has 0 bridgehead atoms. The maximum absolute atomic E-state index is 12.6. The van der Waals surface area contributed by atoms with E-state index in [2.05, 4.69) is 15.0 Å². The fourth-order valence-corrected chi connectivity index (χ4v) is 5.75. The van der Waals surface area contributed by atoms with Crippen LogP contribution in [0.3, 0.4) is 0 Å². The van der Waals surface area contributed by atoms with Crippen molar-refractivity contribution in [3.63, 3.8) is 0 Å². The number of carbonyl (C=O) groups excluding carboxylic acids is 1. The van der Waals surface area contributed by atoms with E-state index >= 15 is 0 Å². The number of rotatable bonds is 6. The minimum Gasteiger partial charge on any atom is -0.486 e. The number of nitrogens with zero attached hydrogens (tertiary/aromatic N) is 1. The van der Waals surface area contributed by atoms with E-state index in [1.54, 1.807) is 6.07 Å². The number of nitrogens with one attached hydrogen (secondary N) is 2. The molecule has 11 heteroatoms. The lowest BCUT2D eigenvalue weighted by Crippen LogP contribution is -2.23. The molecule has 0 aliphatic carbocycles. The first-order chi connectivity index (χ1) is 15.5. The largest absolute Gasteiger partial charge is 0.486 e. The molecule has 0 fully saturated rings. The highest BCUT2D eigenvalue weighted by Gasteiger charge is 2.18. The van der Waals surface area contributed by atoms with Crippen LogP contribution in [-0.4, -0.2) is 32.5 Å². The smallest absolute Gasteiger partial charge is 0.257 e. The van der Waals surface area contributed by atoms with Crippen LogP contribution in [0.25, 0.3) is 10.2 Å². The highest BCUT2D eigenvalue weighted by molar-refractivity contribution is 7.89. The number of fused-ring (bicyclic) bond motifs is 2. The molecule has 3 heterocycles. The predicted molar refractivity (Wildman–Crippen MR) is 123 cm³/mol. The Morgan fingerprint density at radius 3 is 2.53 bits per heavy atom. The molecule has 5 rings (SSSR count). The Morgan fingerprint density at radius 2 is 1.81 bits per heavy atom. The summed E-state index contributed by atoms with van der Waals surface area (Å²) in [6.07, 6.45) is 0. The highest BCUT2D eigenvalue weighted by atomic mass is 32.2. The molecule has 32 heavy (non-hydrogen) atoms. The lowest BCUT2D eigenvalue weighted by atomic mass is 10.2. The Bertz CT molecular complexity index is 1340. The van der Waals surface area contributed by atoms with Gasteiger partial charge in [0, 0.05) is 29.1 Å². The van der Waals surface area contributed by atoms with Crippen molar-refractivity contribution in [1.82, 2.24) is 9.71 Å². The monoisotopic (exact) mass is 487 g/mol. The minimum absolute atomic E-state index is 0.0937. The van der Waals surface area contributed by atoms with Crippen LogP contribution in [0.1, 0.15) is 15.2 Å². The van der Waals surface area contributed by atoms with Crippen molar-refractivity contribution in [3.05, 3.63) is 64.4 Å². The molecular formula is C21H17N3O5S3. The molecule has 0 atom stereocenters. The minimum atomic E-state index is -3.67. The Labute approximate surface area is 191 Å². The van der Waals surface area contributed by atoms with Crippen molar-refractivity contribution >= 4 is 54.0 Å². The van der Waals surface area contributed by atoms with Gasteiger partial charge in [0.25, 0.3) is 5.91 Å². The van der Waals surface area contributed by atoms with Crippen molar-refractivity contribution in [2.75, 3.05) is 18.5 Å². The number of aromatic nitrogens is 1. The van der Waals surface area contributed by atoms with E-state index in [0.717, 1.165) is 9.58 Å². The quantitative estimate of drug-likeness (QED) is 0.428. The summed E-state index contributed by atoms with van der Waals surface area (Å²) in [5.74, 6) is 0.919. The van der Waals surface area contributed by atoms with Gasteiger partial charge in [0.2, 0.25) is 10.0 Å². The molecule has 1 aliphatic heterocycles. The molecule has 2 N–H and O–H groups in total. The van der Waals surface area contributed by atoms with Gasteiger partial charge in [-0.15, -0.1) is 11.3 Å². The van der Waals surface area contributed by atoms with Crippen LogP contribution in [-0.2, 0) is 16.6 Å².